The van der Waals surface area contributed by atoms with Crippen LogP contribution in [0.5, 0.6) is 11.5 Å². The highest BCUT2D eigenvalue weighted by Gasteiger charge is 2.20. The van der Waals surface area contributed by atoms with E-state index in [1.165, 1.54) is 21.9 Å². The van der Waals surface area contributed by atoms with E-state index in [1.54, 1.807) is 0 Å². The number of fused-ring (bicyclic) bond motifs is 5. The van der Waals surface area contributed by atoms with Crippen molar-refractivity contribution >= 4 is 55.2 Å². The van der Waals surface area contributed by atoms with E-state index in [2.05, 4.69) is 36.4 Å². The normalized spacial score (nSPS) is 11.8. The summed E-state index contributed by atoms with van der Waals surface area (Å²) in [5.41, 5.74) is 14.7. The maximum absolute atomic E-state index is 6.42. The Kier molecular flexibility index (Phi) is 10.4. The van der Waals surface area contributed by atoms with Crippen LogP contribution in [0.25, 0.3) is 102 Å². The number of rotatable bonds is 13. The smallest absolute Gasteiger partial charge is 0.246 e. The number of aromatic nitrogens is 6. The minimum Gasteiger partial charge on any atom is -0.493 e. The third-order valence-electron chi connectivity index (χ3n) is 12.2. The zero-order valence-electron chi connectivity index (χ0n) is 38.4. The quantitative estimate of drug-likeness (QED) is 0.101. The van der Waals surface area contributed by atoms with Crippen molar-refractivity contribution in [2.24, 2.45) is 0 Å². The van der Waals surface area contributed by atoms with Gasteiger partial charge in [0.2, 0.25) is 23.6 Å². The Labute approximate surface area is 395 Å². The van der Waals surface area contributed by atoms with Gasteiger partial charge in [0, 0.05) is 30.7 Å². The lowest BCUT2D eigenvalue weighted by molar-refractivity contribution is 0.311. The van der Waals surface area contributed by atoms with Crippen molar-refractivity contribution in [1.82, 2.24) is 29.9 Å². The summed E-state index contributed by atoms with van der Waals surface area (Å²) in [5.74, 6) is 2.83. The molecule has 12 heteroatoms. The average molecular weight is 909 g/mol. The van der Waals surface area contributed by atoms with Gasteiger partial charge >= 0.3 is 0 Å². The molecule has 6 aromatic heterocycles. The van der Waals surface area contributed by atoms with Gasteiger partial charge < -0.3 is 27.1 Å². The molecule has 0 radical (unpaired) electrons. The van der Waals surface area contributed by atoms with E-state index in [1.807, 2.05) is 125 Å². The average Bonchev–Trinajstić information content (AvgIpc) is 4.17. The van der Waals surface area contributed by atoms with Gasteiger partial charge in [0.25, 0.3) is 0 Å². The molecule has 6 aromatic carbocycles. The van der Waals surface area contributed by atoms with Gasteiger partial charge in [-0.25, -0.2) is 29.9 Å². The lowest BCUT2D eigenvalue weighted by atomic mass is 10.0. The summed E-state index contributed by atoms with van der Waals surface area (Å²) in [4.78, 5) is 28.8. The van der Waals surface area contributed by atoms with E-state index < -0.39 is 0 Å². The fourth-order valence-electron chi connectivity index (χ4n) is 8.61. The second kappa shape index (κ2) is 17.2. The van der Waals surface area contributed by atoms with E-state index in [9.17, 15) is 0 Å². The first kappa shape index (κ1) is 41.8. The Balaban J connectivity index is 0.724. The van der Waals surface area contributed by atoms with Gasteiger partial charge in [0.15, 0.2) is 22.3 Å². The van der Waals surface area contributed by atoms with Gasteiger partial charge in [-0.1, -0.05) is 60.7 Å². The number of pyridine rings is 2. The Hall–Kier alpha value is -8.64. The summed E-state index contributed by atoms with van der Waals surface area (Å²) < 4.78 is 37.4. The van der Waals surface area contributed by atoms with Crippen molar-refractivity contribution in [2.45, 2.75) is 47.0 Å². The maximum atomic E-state index is 6.42. The predicted octanol–water partition coefficient (Wildman–Crippen LogP) is 13.7. The summed E-state index contributed by atoms with van der Waals surface area (Å²) in [7, 11) is 0. The van der Waals surface area contributed by atoms with Crippen molar-refractivity contribution in [3.8, 4) is 57.8 Å². The van der Waals surface area contributed by atoms with Gasteiger partial charge in [0.1, 0.15) is 56.3 Å². The molecule has 0 atom stereocenters. The van der Waals surface area contributed by atoms with Crippen LogP contribution < -0.4 is 9.47 Å². The van der Waals surface area contributed by atoms with Crippen LogP contribution in [0.3, 0.4) is 0 Å². The molecular weight excluding hydrogens is 865 g/mol. The van der Waals surface area contributed by atoms with Crippen LogP contribution in [0.2, 0.25) is 0 Å². The fourth-order valence-corrected chi connectivity index (χ4v) is 8.61. The van der Waals surface area contributed by atoms with Crippen molar-refractivity contribution < 1.29 is 27.1 Å². The minimum absolute atomic E-state index is 0.396. The lowest BCUT2D eigenvalue weighted by Crippen LogP contribution is -2.03. The molecule has 0 fully saturated rings. The minimum atomic E-state index is 0.396. The highest BCUT2D eigenvalue weighted by molar-refractivity contribution is 5.84. The molecule has 0 saturated carbocycles. The molecule has 12 aromatic rings. The van der Waals surface area contributed by atoms with Crippen LogP contribution in [0, 0.1) is 27.7 Å². The molecule has 0 amide bonds. The summed E-state index contributed by atoms with van der Waals surface area (Å²) >= 11 is 0. The summed E-state index contributed by atoms with van der Waals surface area (Å²) in [6.07, 6.45) is 2.34. The second-order valence-electron chi connectivity index (χ2n) is 17.7. The monoisotopic (exact) mass is 908 g/mol. The number of oxazole rings is 4. The standard InChI is InChI=1S/C57H44N6O6/c1-32-7-15-50-42(22-32)60-54(66-50)46-28-40(29-47(58-46)55-61-43-23-33(2)8-16-51(43)67-55)64-20-5-6-36-11-13-39-27-37(12-14-38(39)26-36)19-21-65-41-30-48(56-62-44-24-34(3)9-17-52(44)68-56)59-49(31-41)57-63-45-25-35(4)10-18-53(45)69-57/h7-18,22-31H,5-6,19-21H2,1-4H3. The lowest BCUT2D eigenvalue weighted by Gasteiger charge is -2.10. The molecule has 0 saturated heterocycles. The van der Waals surface area contributed by atoms with Crippen LogP contribution >= 0.6 is 0 Å². The molecule has 0 unspecified atom stereocenters. The largest absolute Gasteiger partial charge is 0.493 e. The highest BCUT2D eigenvalue weighted by Crippen LogP contribution is 2.34. The van der Waals surface area contributed by atoms with E-state index >= 15 is 0 Å². The molecule has 0 N–H and O–H groups in total. The molecule has 0 bridgehead atoms. The Morgan fingerprint density at radius 2 is 0.696 bits per heavy atom. The van der Waals surface area contributed by atoms with Gasteiger partial charge in [-0.15, -0.1) is 0 Å². The molecule has 0 spiro atoms. The molecule has 0 aliphatic heterocycles. The fraction of sp³-hybridized carbons (Fsp3) is 0.158. The molecule has 0 aliphatic rings. The van der Waals surface area contributed by atoms with Gasteiger partial charge in [-0.2, -0.15) is 0 Å². The van der Waals surface area contributed by atoms with E-state index in [4.69, 9.17) is 57.0 Å². The van der Waals surface area contributed by atoms with Crippen molar-refractivity contribution in [2.75, 3.05) is 13.2 Å². The van der Waals surface area contributed by atoms with Crippen LogP contribution in [0.1, 0.15) is 39.8 Å². The molecule has 12 nitrogen and oxygen atoms in total. The van der Waals surface area contributed by atoms with E-state index in [0.717, 1.165) is 57.2 Å². The maximum Gasteiger partial charge on any atom is 0.246 e. The van der Waals surface area contributed by atoms with E-state index in [0.29, 0.717) is 99.8 Å². The molecule has 12 rings (SSSR count). The number of hydrogen-bond acceptors (Lipinski definition) is 12. The first-order valence-corrected chi connectivity index (χ1v) is 23.0. The summed E-state index contributed by atoms with van der Waals surface area (Å²) in [6, 6.07) is 44.3. The first-order valence-electron chi connectivity index (χ1n) is 23.0. The SMILES string of the molecule is Cc1ccc2oc(-c3cc(OCCCc4ccc5cc(CCOc6cc(-c7nc8cc(C)ccc8o7)nc(-c7nc8cc(C)ccc8o7)c6)ccc5c4)cc(-c4nc5cc(C)ccc5o4)n3)nc2c1. The molecule has 338 valence electrons. The Morgan fingerprint density at radius 3 is 1.07 bits per heavy atom. The third-order valence-corrected chi connectivity index (χ3v) is 12.2. The molecular formula is C57H44N6O6. The number of aryl methyl sites for hydroxylation is 5. The van der Waals surface area contributed by atoms with Crippen LogP contribution in [-0.2, 0) is 12.8 Å². The van der Waals surface area contributed by atoms with Gasteiger partial charge in [-0.3, -0.25) is 0 Å². The first-order chi connectivity index (χ1) is 33.7. The predicted molar refractivity (Wildman–Crippen MR) is 266 cm³/mol. The van der Waals surface area contributed by atoms with Gasteiger partial charge in [-0.05, 0) is 133 Å². The number of nitrogens with zero attached hydrogens (tertiary/aromatic N) is 6. The molecule has 0 aliphatic carbocycles. The Bertz CT molecular complexity index is 3720. The van der Waals surface area contributed by atoms with Crippen molar-refractivity contribution in [3.05, 3.63) is 167 Å². The highest BCUT2D eigenvalue weighted by atomic mass is 16.5. The molecule has 69 heavy (non-hydrogen) atoms. The summed E-state index contributed by atoms with van der Waals surface area (Å²) in [6.45, 7) is 9.05. The molecule has 6 heterocycles. The number of ether oxygens (including phenoxy) is 2. The third kappa shape index (κ3) is 8.64. The zero-order chi connectivity index (χ0) is 46.6. The Morgan fingerprint density at radius 1 is 0.348 bits per heavy atom. The zero-order valence-corrected chi connectivity index (χ0v) is 38.4. The summed E-state index contributed by atoms with van der Waals surface area (Å²) in [5, 5.41) is 2.34. The van der Waals surface area contributed by atoms with Gasteiger partial charge in [0.05, 0.1) is 13.2 Å². The van der Waals surface area contributed by atoms with Crippen molar-refractivity contribution in [3.63, 3.8) is 0 Å². The van der Waals surface area contributed by atoms with Crippen LogP contribution in [0.4, 0.5) is 0 Å². The second-order valence-corrected chi connectivity index (χ2v) is 17.7. The van der Waals surface area contributed by atoms with Crippen molar-refractivity contribution in [1.29, 1.82) is 0 Å². The van der Waals surface area contributed by atoms with Crippen LogP contribution in [0.15, 0.2) is 151 Å². The topological polar surface area (TPSA) is 148 Å². The number of benzene rings is 6. The van der Waals surface area contributed by atoms with Crippen LogP contribution in [-0.4, -0.2) is 43.1 Å². The van der Waals surface area contributed by atoms with E-state index in [-0.39, 0.29) is 0 Å². The number of hydrogen-bond donors (Lipinski definition) is 0.